The van der Waals surface area contributed by atoms with Crippen molar-refractivity contribution in [3.8, 4) is 5.75 Å². The second-order valence-corrected chi connectivity index (χ2v) is 3.61. The Morgan fingerprint density at radius 3 is 2.20 bits per heavy atom. The first kappa shape index (κ1) is 11.9. The molecule has 6 heteroatoms. The van der Waals surface area contributed by atoms with Crippen LogP contribution in [0, 0.1) is 0 Å². The maximum atomic E-state index is 11.9. The summed E-state index contributed by atoms with van der Waals surface area (Å²) in [6, 6.07) is 5.78. The molecule has 0 atom stereocenters. The highest BCUT2D eigenvalue weighted by atomic mass is 32.2. The zero-order chi connectivity index (χ0) is 11.5. The molecule has 82 valence electrons. The number of hydrogen-bond donors (Lipinski definition) is 0. The highest BCUT2D eigenvalue weighted by Crippen LogP contribution is 2.29. The van der Waals surface area contributed by atoms with E-state index in [0.29, 0.717) is 5.75 Å². The summed E-state index contributed by atoms with van der Waals surface area (Å²) >= 11 is 0.150. The van der Waals surface area contributed by atoms with Crippen LogP contribution < -0.4 is 4.74 Å². The minimum Gasteiger partial charge on any atom is -0.497 e. The van der Waals surface area contributed by atoms with Crippen LogP contribution in [0.4, 0.5) is 13.2 Å². The summed E-state index contributed by atoms with van der Waals surface area (Å²) in [6.07, 6.45) is -4.80. The largest absolute Gasteiger partial charge is 0.497 e. The number of ether oxygens (including phenoxy) is 1. The molecule has 0 spiro atoms. The van der Waals surface area contributed by atoms with Crippen LogP contribution in [0.3, 0.4) is 0 Å². The van der Waals surface area contributed by atoms with Gasteiger partial charge in [0.2, 0.25) is 0 Å². The fourth-order valence-electron chi connectivity index (χ4n) is 0.809. The Labute approximate surface area is 88.4 Å². The van der Waals surface area contributed by atoms with Crippen LogP contribution in [0.1, 0.15) is 0 Å². The molecule has 0 unspecified atom stereocenters. The van der Waals surface area contributed by atoms with E-state index in [9.17, 15) is 18.0 Å². The molecule has 1 aromatic rings. The molecule has 15 heavy (non-hydrogen) atoms. The minimum atomic E-state index is -4.80. The normalized spacial score (nSPS) is 11.2. The maximum absolute atomic E-state index is 11.9. The van der Waals surface area contributed by atoms with Gasteiger partial charge in [-0.1, -0.05) is 0 Å². The molecule has 0 aliphatic carbocycles. The zero-order valence-electron chi connectivity index (χ0n) is 7.67. The average Bonchev–Trinajstić information content (AvgIpc) is 2.17. The number of rotatable bonds is 2. The molecule has 0 saturated heterocycles. The summed E-state index contributed by atoms with van der Waals surface area (Å²) in [5, 5.41) is -1.83. The van der Waals surface area contributed by atoms with E-state index in [-0.39, 0.29) is 16.7 Å². The summed E-state index contributed by atoms with van der Waals surface area (Å²) in [6.45, 7) is 0. The van der Waals surface area contributed by atoms with E-state index >= 15 is 0 Å². The molecular formula is C9H7F3O2S. The second kappa shape index (κ2) is 4.57. The van der Waals surface area contributed by atoms with Gasteiger partial charge >= 0.3 is 6.18 Å². The van der Waals surface area contributed by atoms with Crippen LogP contribution in [-0.4, -0.2) is 18.4 Å². The SMILES string of the molecule is COc1ccc(SC(=O)C(F)(F)F)cc1. The Hall–Kier alpha value is -1.17. The van der Waals surface area contributed by atoms with Gasteiger partial charge in [-0.3, -0.25) is 4.79 Å². The van der Waals surface area contributed by atoms with Gasteiger partial charge in [-0.25, -0.2) is 0 Å². The first-order chi connectivity index (χ1) is 6.93. The van der Waals surface area contributed by atoms with E-state index in [4.69, 9.17) is 4.74 Å². The van der Waals surface area contributed by atoms with Crippen LogP contribution in [0.25, 0.3) is 0 Å². The summed E-state index contributed by atoms with van der Waals surface area (Å²) < 4.78 is 40.5. The molecule has 0 aliphatic rings. The van der Waals surface area contributed by atoms with Crippen LogP contribution in [0.5, 0.6) is 5.75 Å². The van der Waals surface area contributed by atoms with Gasteiger partial charge in [0.15, 0.2) is 0 Å². The Balaban J connectivity index is 2.70. The Bertz CT molecular complexity index is 345. The lowest BCUT2D eigenvalue weighted by molar-refractivity contribution is -0.160. The summed E-state index contributed by atoms with van der Waals surface area (Å²) in [4.78, 5) is 10.8. The van der Waals surface area contributed by atoms with Crippen molar-refractivity contribution in [2.75, 3.05) is 7.11 Å². The lowest BCUT2D eigenvalue weighted by Gasteiger charge is -2.04. The van der Waals surface area contributed by atoms with Crippen molar-refractivity contribution in [1.82, 2.24) is 0 Å². The van der Waals surface area contributed by atoms with E-state index in [1.165, 1.54) is 31.4 Å². The molecular weight excluding hydrogens is 229 g/mol. The molecule has 0 saturated carbocycles. The average molecular weight is 236 g/mol. The molecule has 0 aromatic heterocycles. The van der Waals surface area contributed by atoms with Gasteiger partial charge in [-0.15, -0.1) is 0 Å². The van der Waals surface area contributed by atoms with E-state index < -0.39 is 11.3 Å². The standard InChI is InChI=1S/C9H7F3O2S/c1-14-6-2-4-7(5-3-6)15-8(13)9(10,11)12/h2-5H,1H3. The summed E-state index contributed by atoms with van der Waals surface area (Å²) in [5.74, 6) is 0.527. The number of hydrogen-bond acceptors (Lipinski definition) is 3. The topological polar surface area (TPSA) is 26.3 Å². The molecule has 0 heterocycles. The van der Waals surface area contributed by atoms with Crippen LogP contribution >= 0.6 is 11.8 Å². The number of halogens is 3. The fraction of sp³-hybridized carbons (Fsp3) is 0.222. The third-order valence-corrected chi connectivity index (χ3v) is 2.43. The first-order valence-electron chi connectivity index (χ1n) is 3.86. The highest BCUT2D eigenvalue weighted by Gasteiger charge is 2.38. The number of benzene rings is 1. The van der Waals surface area contributed by atoms with E-state index in [0.717, 1.165) is 0 Å². The fourth-order valence-corrected chi connectivity index (χ4v) is 1.41. The third-order valence-electron chi connectivity index (χ3n) is 1.50. The van der Waals surface area contributed by atoms with Crippen molar-refractivity contribution < 1.29 is 22.7 Å². The van der Waals surface area contributed by atoms with E-state index in [1.807, 2.05) is 0 Å². The van der Waals surface area contributed by atoms with Crippen LogP contribution in [-0.2, 0) is 4.79 Å². The molecule has 0 aliphatic heterocycles. The molecule has 0 bridgehead atoms. The van der Waals surface area contributed by atoms with Crippen molar-refractivity contribution >= 4 is 16.9 Å². The lowest BCUT2D eigenvalue weighted by atomic mass is 10.3. The molecule has 0 radical (unpaired) electrons. The second-order valence-electron chi connectivity index (χ2n) is 2.56. The number of alkyl halides is 3. The zero-order valence-corrected chi connectivity index (χ0v) is 8.48. The Morgan fingerprint density at radius 1 is 1.27 bits per heavy atom. The van der Waals surface area contributed by atoms with Gasteiger partial charge in [0.25, 0.3) is 5.12 Å². The Kier molecular flexibility index (Phi) is 3.62. The van der Waals surface area contributed by atoms with Crippen molar-refractivity contribution in [2.24, 2.45) is 0 Å². The summed E-state index contributed by atoms with van der Waals surface area (Å²) in [5.41, 5.74) is 0. The number of thioether (sulfide) groups is 1. The number of methoxy groups -OCH3 is 1. The number of carbonyl (C=O) groups excluding carboxylic acids is 1. The molecule has 0 amide bonds. The minimum absolute atomic E-state index is 0.150. The van der Waals surface area contributed by atoms with Crippen LogP contribution in [0.2, 0.25) is 0 Å². The van der Waals surface area contributed by atoms with Gasteiger partial charge in [0.05, 0.1) is 7.11 Å². The van der Waals surface area contributed by atoms with Gasteiger partial charge in [-0.05, 0) is 36.0 Å². The van der Waals surface area contributed by atoms with Gasteiger partial charge in [0, 0.05) is 4.90 Å². The highest BCUT2D eigenvalue weighted by molar-refractivity contribution is 8.13. The quantitative estimate of drug-likeness (QED) is 0.738. The van der Waals surface area contributed by atoms with Gasteiger partial charge < -0.3 is 4.74 Å². The maximum Gasteiger partial charge on any atom is 0.461 e. The van der Waals surface area contributed by atoms with E-state index in [1.54, 1.807) is 0 Å². The first-order valence-corrected chi connectivity index (χ1v) is 4.68. The molecule has 0 N–H and O–H groups in total. The van der Waals surface area contributed by atoms with Crippen molar-refractivity contribution in [3.05, 3.63) is 24.3 Å². The predicted molar refractivity (Wildman–Crippen MR) is 49.9 cm³/mol. The summed E-state index contributed by atoms with van der Waals surface area (Å²) in [7, 11) is 1.45. The van der Waals surface area contributed by atoms with E-state index in [2.05, 4.69) is 0 Å². The lowest BCUT2D eigenvalue weighted by Crippen LogP contribution is -2.18. The molecule has 2 nitrogen and oxygen atoms in total. The van der Waals surface area contributed by atoms with Gasteiger partial charge in [0.1, 0.15) is 5.75 Å². The van der Waals surface area contributed by atoms with Crippen molar-refractivity contribution in [3.63, 3.8) is 0 Å². The third kappa shape index (κ3) is 3.47. The molecule has 0 fully saturated rings. The predicted octanol–water partition coefficient (Wildman–Crippen LogP) is 2.88. The van der Waals surface area contributed by atoms with Gasteiger partial charge in [-0.2, -0.15) is 13.2 Å². The smallest absolute Gasteiger partial charge is 0.461 e. The molecule has 1 aromatic carbocycles. The number of carbonyl (C=O) groups is 1. The monoisotopic (exact) mass is 236 g/mol. The van der Waals surface area contributed by atoms with Crippen molar-refractivity contribution in [2.45, 2.75) is 11.1 Å². The Morgan fingerprint density at radius 2 is 1.80 bits per heavy atom. The van der Waals surface area contributed by atoms with Crippen LogP contribution in [0.15, 0.2) is 29.2 Å². The molecule has 1 rings (SSSR count). The van der Waals surface area contributed by atoms with Crippen molar-refractivity contribution in [1.29, 1.82) is 0 Å².